The highest BCUT2D eigenvalue weighted by Crippen LogP contribution is 2.16. The Balaban J connectivity index is 1.43. The number of anilines is 1. The van der Waals surface area contributed by atoms with E-state index in [1.54, 1.807) is 18.3 Å². The summed E-state index contributed by atoms with van der Waals surface area (Å²) in [5.41, 5.74) is 1.65. The smallest absolute Gasteiger partial charge is 0.275 e. The third-order valence-electron chi connectivity index (χ3n) is 4.78. The first kappa shape index (κ1) is 18.7. The number of thioether (sulfide) groups is 1. The fourth-order valence-corrected chi connectivity index (χ4v) is 4.32. The molecule has 3 aromatic rings. The number of rotatable bonds is 5. The summed E-state index contributed by atoms with van der Waals surface area (Å²) in [6, 6.07) is 15.1. The molecule has 144 valence electrons. The van der Waals surface area contributed by atoms with Gasteiger partial charge in [0.05, 0.1) is 11.6 Å². The standard InChI is InChI=1S/C21H22N4O2S/c26-20(15-25-21(27)19-7-2-1-5-17(19)13-22-25)23-18-6-3-4-16(12-18)14-24-8-10-28-11-9-24/h1-7,12-13H,8-11,14-15H2,(H,23,26). The Bertz CT molecular complexity index is 1040. The summed E-state index contributed by atoms with van der Waals surface area (Å²) >= 11 is 1.99. The Morgan fingerprint density at radius 1 is 1.11 bits per heavy atom. The van der Waals surface area contributed by atoms with E-state index in [-0.39, 0.29) is 18.0 Å². The molecule has 0 bridgehead atoms. The van der Waals surface area contributed by atoms with E-state index in [0.717, 1.165) is 30.7 Å². The Morgan fingerprint density at radius 3 is 2.79 bits per heavy atom. The molecule has 1 aliphatic rings. The molecule has 0 radical (unpaired) electrons. The summed E-state index contributed by atoms with van der Waals surface area (Å²) in [5.74, 6) is 2.07. The molecule has 0 saturated carbocycles. The van der Waals surface area contributed by atoms with E-state index in [1.165, 1.54) is 21.8 Å². The maximum atomic E-state index is 12.5. The van der Waals surface area contributed by atoms with Gasteiger partial charge in [-0.1, -0.05) is 30.3 Å². The van der Waals surface area contributed by atoms with Crippen LogP contribution in [0.2, 0.25) is 0 Å². The number of benzene rings is 2. The zero-order valence-corrected chi connectivity index (χ0v) is 16.3. The van der Waals surface area contributed by atoms with Gasteiger partial charge in [-0.2, -0.15) is 16.9 Å². The minimum absolute atomic E-state index is 0.114. The molecule has 1 aromatic heterocycles. The fraction of sp³-hybridized carbons (Fsp3) is 0.286. The number of aromatic nitrogens is 2. The van der Waals surface area contributed by atoms with Crippen LogP contribution in [0.15, 0.2) is 59.5 Å². The molecular weight excluding hydrogens is 372 g/mol. The minimum atomic E-state index is -0.267. The molecule has 1 fully saturated rings. The molecule has 1 saturated heterocycles. The minimum Gasteiger partial charge on any atom is -0.324 e. The highest BCUT2D eigenvalue weighted by atomic mass is 32.2. The fourth-order valence-electron chi connectivity index (χ4n) is 3.34. The lowest BCUT2D eigenvalue weighted by Crippen LogP contribution is -2.32. The molecule has 28 heavy (non-hydrogen) atoms. The second-order valence-corrected chi connectivity index (χ2v) is 8.06. The van der Waals surface area contributed by atoms with Crippen molar-refractivity contribution in [2.45, 2.75) is 13.1 Å². The molecule has 0 atom stereocenters. The first-order valence-electron chi connectivity index (χ1n) is 9.33. The van der Waals surface area contributed by atoms with Crippen molar-refractivity contribution in [3.8, 4) is 0 Å². The Morgan fingerprint density at radius 2 is 1.93 bits per heavy atom. The number of amides is 1. The van der Waals surface area contributed by atoms with E-state index >= 15 is 0 Å². The van der Waals surface area contributed by atoms with Gasteiger partial charge in [0.2, 0.25) is 5.91 Å². The molecule has 1 aliphatic heterocycles. The van der Waals surface area contributed by atoms with Gasteiger partial charge in [-0.05, 0) is 23.8 Å². The van der Waals surface area contributed by atoms with Gasteiger partial charge in [0, 0.05) is 42.2 Å². The Kier molecular flexibility index (Phi) is 5.73. The van der Waals surface area contributed by atoms with Crippen molar-refractivity contribution in [2.75, 3.05) is 29.9 Å². The number of hydrogen-bond donors (Lipinski definition) is 1. The second-order valence-electron chi connectivity index (χ2n) is 6.83. The van der Waals surface area contributed by atoms with E-state index in [0.29, 0.717) is 5.39 Å². The number of nitrogens with zero attached hydrogens (tertiary/aromatic N) is 3. The molecule has 6 nitrogen and oxygen atoms in total. The lowest BCUT2D eigenvalue weighted by Gasteiger charge is -2.26. The predicted octanol–water partition coefficient (Wildman–Crippen LogP) is 2.58. The normalized spacial score (nSPS) is 14.9. The molecule has 4 rings (SSSR count). The SMILES string of the molecule is O=C(Cn1ncc2ccccc2c1=O)Nc1cccc(CN2CCSCC2)c1. The van der Waals surface area contributed by atoms with Crippen molar-refractivity contribution < 1.29 is 4.79 Å². The molecule has 1 amide bonds. The summed E-state index contributed by atoms with van der Waals surface area (Å²) < 4.78 is 1.20. The van der Waals surface area contributed by atoms with Crippen LogP contribution >= 0.6 is 11.8 Å². The monoisotopic (exact) mass is 394 g/mol. The molecular formula is C21H22N4O2S. The topological polar surface area (TPSA) is 67.2 Å². The van der Waals surface area contributed by atoms with Gasteiger partial charge in [-0.25, -0.2) is 4.68 Å². The maximum absolute atomic E-state index is 12.5. The average molecular weight is 395 g/mol. The first-order chi connectivity index (χ1) is 13.7. The molecule has 0 unspecified atom stereocenters. The number of hydrogen-bond acceptors (Lipinski definition) is 5. The molecule has 2 aromatic carbocycles. The van der Waals surface area contributed by atoms with Gasteiger partial charge in [-0.15, -0.1) is 0 Å². The average Bonchev–Trinajstić information content (AvgIpc) is 2.71. The van der Waals surface area contributed by atoms with Crippen LogP contribution in [0.3, 0.4) is 0 Å². The summed E-state index contributed by atoms with van der Waals surface area (Å²) in [7, 11) is 0. The third-order valence-corrected chi connectivity index (χ3v) is 5.72. The number of carbonyl (C=O) groups excluding carboxylic acids is 1. The van der Waals surface area contributed by atoms with Crippen LogP contribution in [-0.2, 0) is 17.9 Å². The number of fused-ring (bicyclic) bond motifs is 1. The largest absolute Gasteiger partial charge is 0.324 e. The zero-order valence-electron chi connectivity index (χ0n) is 15.5. The van der Waals surface area contributed by atoms with E-state index in [9.17, 15) is 9.59 Å². The van der Waals surface area contributed by atoms with Crippen molar-refractivity contribution in [2.24, 2.45) is 0 Å². The van der Waals surface area contributed by atoms with Crippen LogP contribution in [0.25, 0.3) is 10.8 Å². The molecule has 7 heteroatoms. The van der Waals surface area contributed by atoms with Gasteiger partial charge in [0.25, 0.3) is 5.56 Å². The second kappa shape index (κ2) is 8.58. The zero-order chi connectivity index (χ0) is 19.3. The molecule has 0 spiro atoms. The molecule has 1 N–H and O–H groups in total. The molecule has 0 aliphatic carbocycles. The van der Waals surface area contributed by atoms with Crippen molar-refractivity contribution in [3.05, 3.63) is 70.6 Å². The van der Waals surface area contributed by atoms with Crippen LogP contribution in [0.5, 0.6) is 0 Å². The van der Waals surface area contributed by atoms with Crippen LogP contribution in [0.1, 0.15) is 5.56 Å². The van der Waals surface area contributed by atoms with Crippen molar-refractivity contribution in [1.29, 1.82) is 0 Å². The van der Waals surface area contributed by atoms with Crippen molar-refractivity contribution in [3.63, 3.8) is 0 Å². The Labute approximate surface area is 167 Å². The van der Waals surface area contributed by atoms with Crippen LogP contribution < -0.4 is 10.9 Å². The van der Waals surface area contributed by atoms with E-state index in [2.05, 4.69) is 21.4 Å². The number of carbonyl (C=O) groups is 1. The van der Waals surface area contributed by atoms with E-state index < -0.39 is 0 Å². The van der Waals surface area contributed by atoms with E-state index in [1.807, 2.05) is 42.1 Å². The van der Waals surface area contributed by atoms with Gasteiger partial charge in [-0.3, -0.25) is 14.5 Å². The summed E-state index contributed by atoms with van der Waals surface area (Å²) in [6.07, 6.45) is 1.61. The lowest BCUT2D eigenvalue weighted by atomic mass is 10.2. The lowest BCUT2D eigenvalue weighted by molar-refractivity contribution is -0.117. The maximum Gasteiger partial charge on any atom is 0.275 e. The summed E-state index contributed by atoms with van der Waals surface area (Å²) in [6.45, 7) is 2.96. The van der Waals surface area contributed by atoms with E-state index in [4.69, 9.17) is 0 Å². The van der Waals surface area contributed by atoms with Crippen LogP contribution in [0, 0.1) is 0 Å². The van der Waals surface area contributed by atoms with Crippen LogP contribution in [-0.4, -0.2) is 45.2 Å². The van der Waals surface area contributed by atoms with Gasteiger partial charge in [0.1, 0.15) is 6.54 Å². The quantitative estimate of drug-likeness (QED) is 0.721. The third kappa shape index (κ3) is 4.43. The highest BCUT2D eigenvalue weighted by molar-refractivity contribution is 7.99. The number of nitrogens with one attached hydrogen (secondary N) is 1. The van der Waals surface area contributed by atoms with Crippen molar-refractivity contribution >= 4 is 34.1 Å². The van der Waals surface area contributed by atoms with Crippen LogP contribution in [0.4, 0.5) is 5.69 Å². The Hall–Kier alpha value is -2.64. The van der Waals surface area contributed by atoms with Gasteiger partial charge < -0.3 is 5.32 Å². The van der Waals surface area contributed by atoms with Gasteiger partial charge >= 0.3 is 0 Å². The summed E-state index contributed by atoms with van der Waals surface area (Å²) in [4.78, 5) is 27.4. The van der Waals surface area contributed by atoms with Gasteiger partial charge in [0.15, 0.2) is 0 Å². The predicted molar refractivity (Wildman–Crippen MR) is 114 cm³/mol. The highest BCUT2D eigenvalue weighted by Gasteiger charge is 2.12. The summed E-state index contributed by atoms with van der Waals surface area (Å²) in [5, 5.41) is 8.33. The molecule has 2 heterocycles. The van der Waals surface area contributed by atoms with Crippen molar-refractivity contribution in [1.82, 2.24) is 14.7 Å². The first-order valence-corrected chi connectivity index (χ1v) is 10.5.